The molecule has 0 saturated carbocycles. The first-order chi connectivity index (χ1) is 5.47. The van der Waals surface area contributed by atoms with Crippen molar-refractivity contribution in [2.45, 2.75) is 6.36 Å². The van der Waals surface area contributed by atoms with Gasteiger partial charge < -0.3 is 21.7 Å². The molecule has 0 N–H and O–H groups in total. The third kappa shape index (κ3) is 6.39. The van der Waals surface area contributed by atoms with Gasteiger partial charge in [-0.25, -0.2) is 0 Å². The van der Waals surface area contributed by atoms with Gasteiger partial charge in [0.05, 0.1) is 0 Å². The summed E-state index contributed by atoms with van der Waals surface area (Å²) in [5, 5.41) is 0. The average molecular weight is 279 g/mol. The van der Waals surface area contributed by atoms with Crippen LogP contribution in [-0.2, 0) is 0 Å². The van der Waals surface area contributed by atoms with Crippen molar-refractivity contribution in [2.75, 3.05) is 0 Å². The minimum Gasteiger partial charge on any atom is -1.00 e. The maximum atomic E-state index is 11.6. The van der Waals surface area contributed by atoms with Gasteiger partial charge in [-0.1, -0.05) is 12.1 Å². The second kappa shape index (κ2) is 6.42. The topological polar surface area (TPSA) is 9.23 Å². The minimum atomic E-state index is -4.62. The standard InChI is InChI=1S/C8H6F3O.BrH.Mg/c1-6-2-4-7(5-3-6)12-8(9,10)11;;/h2-5H,1H2;1H;/q-1;;+2/p-1. The molecule has 74 valence electrons. The van der Waals surface area contributed by atoms with Crippen LogP contribution in [0.15, 0.2) is 24.3 Å². The summed E-state index contributed by atoms with van der Waals surface area (Å²) in [5.74, 6) is -0.227. The SMILES string of the molecule is [Br-].[CH2-]c1ccc(OC(F)(F)F)cc1.[Mg+2]. The van der Waals surface area contributed by atoms with Gasteiger partial charge in [0.2, 0.25) is 0 Å². The van der Waals surface area contributed by atoms with Crippen LogP contribution in [0, 0.1) is 6.92 Å². The maximum absolute atomic E-state index is 11.6. The third-order valence-electron chi connectivity index (χ3n) is 1.16. The number of hydrogen-bond acceptors (Lipinski definition) is 1. The molecule has 1 nitrogen and oxygen atoms in total. The van der Waals surface area contributed by atoms with E-state index >= 15 is 0 Å². The summed E-state index contributed by atoms with van der Waals surface area (Å²) in [5.41, 5.74) is 0.643. The van der Waals surface area contributed by atoms with Gasteiger partial charge in [-0.3, -0.25) is 0 Å². The Kier molecular flexibility index (Phi) is 7.50. The molecule has 6 heteroatoms. The van der Waals surface area contributed by atoms with Crippen LogP contribution >= 0.6 is 0 Å². The van der Waals surface area contributed by atoms with Gasteiger partial charge in [-0.2, -0.15) is 24.6 Å². The summed E-state index contributed by atoms with van der Waals surface area (Å²) < 4.78 is 38.4. The fraction of sp³-hybridized carbons (Fsp3) is 0.125. The summed E-state index contributed by atoms with van der Waals surface area (Å²) in [6, 6.07) is 5.33. The van der Waals surface area contributed by atoms with Crippen LogP contribution in [0.5, 0.6) is 5.75 Å². The first kappa shape index (κ1) is 16.4. The first-order valence-electron chi connectivity index (χ1n) is 3.15. The molecule has 0 fully saturated rings. The molecule has 0 radical (unpaired) electrons. The molecule has 0 heterocycles. The third-order valence-corrected chi connectivity index (χ3v) is 1.16. The van der Waals surface area contributed by atoms with Crippen LogP contribution in [0.3, 0.4) is 0 Å². The van der Waals surface area contributed by atoms with Crippen molar-refractivity contribution in [1.82, 2.24) is 0 Å². The molecule has 0 aliphatic heterocycles. The van der Waals surface area contributed by atoms with Crippen molar-refractivity contribution in [1.29, 1.82) is 0 Å². The summed E-state index contributed by atoms with van der Waals surface area (Å²) in [7, 11) is 0. The monoisotopic (exact) mass is 278 g/mol. The van der Waals surface area contributed by atoms with Gasteiger partial charge in [0.15, 0.2) is 0 Å². The number of ether oxygens (including phenoxy) is 1. The molecular formula is C8H6BrF3MgO. The van der Waals surface area contributed by atoms with E-state index in [0.717, 1.165) is 0 Å². The van der Waals surface area contributed by atoms with E-state index in [-0.39, 0.29) is 45.8 Å². The van der Waals surface area contributed by atoms with E-state index in [1.807, 2.05) is 0 Å². The van der Waals surface area contributed by atoms with Gasteiger partial charge in [-0.15, -0.1) is 13.2 Å². The van der Waals surface area contributed by atoms with Crippen molar-refractivity contribution >= 4 is 23.1 Å². The quantitative estimate of drug-likeness (QED) is 0.492. The Hall–Kier alpha value is -0.0738. The molecule has 1 aromatic carbocycles. The summed E-state index contributed by atoms with van der Waals surface area (Å²) >= 11 is 0. The zero-order valence-corrected chi connectivity index (χ0v) is 10.1. The van der Waals surface area contributed by atoms with E-state index in [2.05, 4.69) is 11.7 Å². The van der Waals surface area contributed by atoms with Gasteiger partial charge in [-0.05, 0) is 0 Å². The van der Waals surface area contributed by atoms with Gasteiger partial charge in [0.25, 0.3) is 0 Å². The van der Waals surface area contributed by atoms with E-state index < -0.39 is 6.36 Å². The zero-order valence-electron chi connectivity index (χ0n) is 7.14. The fourth-order valence-electron chi connectivity index (χ4n) is 0.691. The molecule has 0 aromatic heterocycles. The summed E-state index contributed by atoms with van der Waals surface area (Å²) in [6.07, 6.45) is -4.62. The second-order valence-electron chi connectivity index (χ2n) is 2.19. The Labute approximate surface area is 107 Å². The number of benzene rings is 1. The van der Waals surface area contributed by atoms with Crippen molar-refractivity contribution in [3.63, 3.8) is 0 Å². The molecular weight excluding hydrogens is 273 g/mol. The molecule has 0 spiro atoms. The molecule has 0 saturated heterocycles. The molecule has 1 rings (SSSR count). The van der Waals surface area contributed by atoms with Crippen LogP contribution in [0.2, 0.25) is 0 Å². The van der Waals surface area contributed by atoms with Crippen LogP contribution in [0.1, 0.15) is 5.56 Å². The largest absolute Gasteiger partial charge is 2.00 e. The smallest absolute Gasteiger partial charge is 1.00 e. The second-order valence-corrected chi connectivity index (χ2v) is 2.19. The Morgan fingerprint density at radius 3 is 1.86 bits per heavy atom. The van der Waals surface area contributed by atoms with Crippen molar-refractivity contribution < 1.29 is 34.9 Å². The summed E-state index contributed by atoms with van der Waals surface area (Å²) in [4.78, 5) is 0. The number of rotatable bonds is 1. The van der Waals surface area contributed by atoms with E-state index in [1.165, 1.54) is 24.3 Å². The summed E-state index contributed by atoms with van der Waals surface area (Å²) in [6.45, 7) is 3.52. The van der Waals surface area contributed by atoms with E-state index in [4.69, 9.17) is 0 Å². The molecule has 0 bridgehead atoms. The average Bonchev–Trinajstić information content (AvgIpc) is 1.91. The molecule has 14 heavy (non-hydrogen) atoms. The van der Waals surface area contributed by atoms with Crippen molar-refractivity contribution in [3.05, 3.63) is 36.8 Å². The van der Waals surface area contributed by atoms with E-state index in [9.17, 15) is 13.2 Å². The predicted octanol–water partition coefficient (Wildman–Crippen LogP) is -0.609. The van der Waals surface area contributed by atoms with E-state index in [1.54, 1.807) is 0 Å². The Morgan fingerprint density at radius 2 is 1.50 bits per heavy atom. The van der Waals surface area contributed by atoms with Crippen molar-refractivity contribution in [2.24, 2.45) is 0 Å². The Balaban J connectivity index is 0. The predicted molar refractivity (Wildman–Crippen MR) is 43.3 cm³/mol. The maximum Gasteiger partial charge on any atom is 2.00 e. The molecule has 1 aromatic rings. The number of halogens is 4. The minimum absolute atomic E-state index is 0. The number of hydrogen-bond donors (Lipinski definition) is 0. The Bertz CT molecular complexity index is 260. The van der Waals surface area contributed by atoms with Gasteiger partial charge >= 0.3 is 29.4 Å². The first-order valence-corrected chi connectivity index (χ1v) is 3.15. The fourth-order valence-corrected chi connectivity index (χ4v) is 0.691. The molecule has 0 unspecified atom stereocenters. The Morgan fingerprint density at radius 1 is 1.07 bits per heavy atom. The van der Waals surface area contributed by atoms with Crippen LogP contribution in [-0.4, -0.2) is 29.4 Å². The van der Waals surface area contributed by atoms with Crippen LogP contribution in [0.4, 0.5) is 13.2 Å². The van der Waals surface area contributed by atoms with Gasteiger partial charge in [0, 0.05) is 0 Å². The molecule has 0 amide bonds. The normalized spacial score (nSPS) is 9.64. The van der Waals surface area contributed by atoms with Crippen LogP contribution < -0.4 is 21.7 Å². The molecule has 0 atom stereocenters. The number of alkyl halides is 3. The van der Waals surface area contributed by atoms with Crippen LogP contribution in [0.25, 0.3) is 0 Å². The van der Waals surface area contributed by atoms with Gasteiger partial charge in [0.1, 0.15) is 5.75 Å². The molecule has 0 aliphatic rings. The van der Waals surface area contributed by atoms with E-state index in [0.29, 0.717) is 5.56 Å². The molecule has 0 aliphatic carbocycles. The zero-order chi connectivity index (χ0) is 9.19. The van der Waals surface area contributed by atoms with Crippen molar-refractivity contribution in [3.8, 4) is 5.75 Å².